The highest BCUT2D eigenvalue weighted by Gasteiger charge is 2.29. The largest absolute Gasteiger partial charge is 0.504 e. The molecule has 0 atom stereocenters. The molecule has 1 rings (SSSR count). The molecule has 0 aromatic heterocycles. The van der Waals surface area contributed by atoms with Crippen molar-refractivity contribution in [3.8, 4) is 23.0 Å². The fraction of sp³-hybridized carbons (Fsp3) is 0.682. The molecule has 3 N–H and O–H groups in total. The second kappa shape index (κ2) is 13.1. The maximum atomic E-state index is 11.8. The molecule has 0 saturated heterocycles. The molecular weight excluding hydrogens is 360 g/mol. The Hall–Kier alpha value is -2.11. The predicted molar refractivity (Wildman–Crippen MR) is 110 cm³/mol. The first-order valence-corrected chi connectivity index (χ1v) is 10.6. The van der Waals surface area contributed by atoms with E-state index < -0.39 is 17.5 Å². The number of rotatable bonds is 15. The van der Waals surface area contributed by atoms with Gasteiger partial charge in [0.05, 0.1) is 13.2 Å². The standard InChI is InChI=1S/C22H36O6/c1-4-7-10-11-12-13-16-17(22(25)26)18(23)19(24)21(28-15-9-6-3)20(16)27-14-8-5-2/h23-24H,4-15H2,1-3H3,(H,25,26). The number of aromatic carboxylic acids is 1. The molecule has 0 heterocycles. The number of carbonyl (C=O) groups is 1. The summed E-state index contributed by atoms with van der Waals surface area (Å²) in [6, 6.07) is 0. The molecule has 0 unspecified atom stereocenters. The molecule has 0 aliphatic carbocycles. The lowest BCUT2D eigenvalue weighted by molar-refractivity contribution is 0.0690. The van der Waals surface area contributed by atoms with Crippen molar-refractivity contribution in [3.05, 3.63) is 11.1 Å². The van der Waals surface area contributed by atoms with Crippen molar-refractivity contribution < 1.29 is 29.6 Å². The maximum absolute atomic E-state index is 11.8. The fourth-order valence-corrected chi connectivity index (χ4v) is 3.02. The van der Waals surface area contributed by atoms with Crippen molar-refractivity contribution in [2.75, 3.05) is 13.2 Å². The normalized spacial score (nSPS) is 10.8. The van der Waals surface area contributed by atoms with Gasteiger partial charge in [-0.3, -0.25) is 0 Å². The van der Waals surface area contributed by atoms with Crippen LogP contribution in [0.1, 0.15) is 94.5 Å². The van der Waals surface area contributed by atoms with Crippen molar-refractivity contribution in [1.29, 1.82) is 0 Å². The van der Waals surface area contributed by atoms with Gasteiger partial charge < -0.3 is 24.8 Å². The van der Waals surface area contributed by atoms with E-state index in [0.29, 0.717) is 25.2 Å². The Morgan fingerprint density at radius 2 is 1.29 bits per heavy atom. The van der Waals surface area contributed by atoms with Gasteiger partial charge in [-0.1, -0.05) is 59.3 Å². The SMILES string of the molecule is CCCCCCCc1c(OCCCC)c(OCCCC)c(O)c(O)c1C(=O)O. The molecule has 0 bridgehead atoms. The first-order valence-electron chi connectivity index (χ1n) is 10.6. The molecule has 0 saturated carbocycles. The Morgan fingerprint density at radius 3 is 1.82 bits per heavy atom. The summed E-state index contributed by atoms with van der Waals surface area (Å²) in [6.07, 6.45) is 8.96. The Kier molecular flexibility index (Phi) is 11.2. The number of carboxylic acid groups (broad SMARTS) is 1. The summed E-state index contributed by atoms with van der Waals surface area (Å²) in [5.41, 5.74) is 0.115. The predicted octanol–water partition coefficient (Wildman–Crippen LogP) is 5.67. The van der Waals surface area contributed by atoms with Gasteiger partial charge in [0.2, 0.25) is 11.5 Å². The van der Waals surface area contributed by atoms with Gasteiger partial charge in [-0.2, -0.15) is 0 Å². The smallest absolute Gasteiger partial charge is 0.340 e. The van der Waals surface area contributed by atoms with E-state index in [1.165, 1.54) is 0 Å². The monoisotopic (exact) mass is 396 g/mol. The number of phenols is 2. The van der Waals surface area contributed by atoms with Crippen LogP contribution in [0.3, 0.4) is 0 Å². The van der Waals surface area contributed by atoms with E-state index in [1.807, 2.05) is 13.8 Å². The van der Waals surface area contributed by atoms with Crippen molar-refractivity contribution in [2.45, 2.75) is 85.0 Å². The summed E-state index contributed by atoms with van der Waals surface area (Å²) < 4.78 is 11.6. The van der Waals surface area contributed by atoms with Gasteiger partial charge in [0, 0.05) is 5.56 Å². The summed E-state index contributed by atoms with van der Waals surface area (Å²) in [4.78, 5) is 11.8. The molecule has 0 fully saturated rings. The van der Waals surface area contributed by atoms with Gasteiger partial charge in [0.15, 0.2) is 11.5 Å². The number of ether oxygens (including phenoxy) is 2. The second-order valence-electron chi connectivity index (χ2n) is 7.08. The minimum absolute atomic E-state index is 0.0515. The topological polar surface area (TPSA) is 96.2 Å². The molecule has 1 aromatic carbocycles. The molecule has 0 amide bonds. The van der Waals surface area contributed by atoms with Crippen LogP contribution in [-0.4, -0.2) is 34.5 Å². The fourth-order valence-electron chi connectivity index (χ4n) is 3.02. The summed E-state index contributed by atoms with van der Waals surface area (Å²) in [6.45, 7) is 6.95. The van der Waals surface area contributed by atoms with Crippen molar-refractivity contribution in [1.82, 2.24) is 0 Å². The van der Waals surface area contributed by atoms with Gasteiger partial charge in [0.1, 0.15) is 5.56 Å². The lowest BCUT2D eigenvalue weighted by Crippen LogP contribution is -2.11. The van der Waals surface area contributed by atoms with E-state index in [-0.39, 0.29) is 17.1 Å². The second-order valence-corrected chi connectivity index (χ2v) is 7.08. The van der Waals surface area contributed by atoms with Crippen LogP contribution < -0.4 is 9.47 Å². The van der Waals surface area contributed by atoms with Crippen LogP contribution in [0.2, 0.25) is 0 Å². The molecule has 0 aliphatic heterocycles. The molecule has 6 nitrogen and oxygen atoms in total. The van der Waals surface area contributed by atoms with Crippen molar-refractivity contribution in [3.63, 3.8) is 0 Å². The van der Waals surface area contributed by atoms with Crippen LogP contribution in [0.15, 0.2) is 0 Å². The van der Waals surface area contributed by atoms with E-state index in [9.17, 15) is 20.1 Å². The van der Waals surface area contributed by atoms with Gasteiger partial charge in [-0.05, 0) is 25.7 Å². The highest BCUT2D eigenvalue weighted by molar-refractivity contribution is 5.96. The van der Waals surface area contributed by atoms with Crippen LogP contribution in [0.5, 0.6) is 23.0 Å². The number of phenolic OH excluding ortho intramolecular Hbond substituents is 1. The Bertz CT molecular complexity index is 612. The minimum Gasteiger partial charge on any atom is -0.504 e. The Labute approximate surface area is 168 Å². The van der Waals surface area contributed by atoms with Crippen molar-refractivity contribution in [2.24, 2.45) is 0 Å². The van der Waals surface area contributed by atoms with Gasteiger partial charge in [-0.25, -0.2) is 4.79 Å². The van der Waals surface area contributed by atoms with Gasteiger partial charge in [0.25, 0.3) is 0 Å². The number of benzene rings is 1. The van der Waals surface area contributed by atoms with Gasteiger partial charge in [-0.15, -0.1) is 0 Å². The van der Waals surface area contributed by atoms with Crippen molar-refractivity contribution >= 4 is 5.97 Å². The zero-order valence-electron chi connectivity index (χ0n) is 17.6. The van der Waals surface area contributed by atoms with E-state index in [1.54, 1.807) is 0 Å². The van der Waals surface area contributed by atoms with Crippen LogP contribution in [0.4, 0.5) is 0 Å². The molecule has 1 aromatic rings. The molecule has 0 radical (unpaired) electrons. The zero-order chi connectivity index (χ0) is 20.9. The molecule has 0 spiro atoms. The third-order valence-electron chi connectivity index (χ3n) is 4.69. The van der Waals surface area contributed by atoms with Crippen LogP contribution >= 0.6 is 0 Å². The van der Waals surface area contributed by atoms with Crippen LogP contribution in [0.25, 0.3) is 0 Å². The highest BCUT2D eigenvalue weighted by Crippen LogP contribution is 2.49. The first kappa shape index (κ1) is 23.9. The average Bonchev–Trinajstić information content (AvgIpc) is 2.66. The lowest BCUT2D eigenvalue weighted by Gasteiger charge is -2.21. The third kappa shape index (κ3) is 6.80. The molecule has 0 aliphatic rings. The summed E-state index contributed by atoms with van der Waals surface area (Å²) >= 11 is 0. The lowest BCUT2D eigenvalue weighted by atomic mass is 9.97. The van der Waals surface area contributed by atoms with E-state index in [0.717, 1.165) is 57.8 Å². The highest BCUT2D eigenvalue weighted by atomic mass is 16.5. The van der Waals surface area contributed by atoms with E-state index in [4.69, 9.17) is 9.47 Å². The number of hydrogen-bond acceptors (Lipinski definition) is 5. The Morgan fingerprint density at radius 1 is 0.750 bits per heavy atom. The minimum atomic E-state index is -1.28. The van der Waals surface area contributed by atoms with Crippen LogP contribution in [-0.2, 0) is 6.42 Å². The molecule has 160 valence electrons. The average molecular weight is 397 g/mol. The van der Waals surface area contributed by atoms with E-state index >= 15 is 0 Å². The summed E-state index contributed by atoms with van der Waals surface area (Å²) in [5.74, 6) is -2.18. The maximum Gasteiger partial charge on any atom is 0.340 e. The quantitative estimate of drug-likeness (QED) is 0.261. The molecule has 6 heteroatoms. The summed E-state index contributed by atoms with van der Waals surface area (Å²) in [5, 5.41) is 30.4. The molecular formula is C22H36O6. The number of aromatic hydroxyl groups is 2. The molecule has 28 heavy (non-hydrogen) atoms. The number of hydrogen-bond donors (Lipinski definition) is 3. The Balaban J connectivity index is 3.30. The summed E-state index contributed by atoms with van der Waals surface area (Å²) in [7, 11) is 0. The third-order valence-corrected chi connectivity index (χ3v) is 4.69. The number of unbranched alkanes of at least 4 members (excludes halogenated alkanes) is 6. The number of carboxylic acids is 1. The first-order chi connectivity index (χ1) is 13.5. The van der Waals surface area contributed by atoms with E-state index in [2.05, 4.69) is 6.92 Å². The van der Waals surface area contributed by atoms with Gasteiger partial charge >= 0.3 is 5.97 Å². The zero-order valence-corrected chi connectivity index (χ0v) is 17.6. The van der Waals surface area contributed by atoms with Crippen LogP contribution in [0, 0.1) is 0 Å².